The van der Waals surface area contributed by atoms with E-state index in [-0.39, 0.29) is 29.8 Å². The van der Waals surface area contributed by atoms with Gasteiger partial charge in [-0.2, -0.15) is 0 Å². The van der Waals surface area contributed by atoms with Gasteiger partial charge in [0.1, 0.15) is 6.54 Å². The Kier molecular flexibility index (Phi) is 6.49. The van der Waals surface area contributed by atoms with E-state index < -0.39 is 5.97 Å². The molecule has 0 aliphatic heterocycles. The van der Waals surface area contributed by atoms with Crippen LogP contribution in [-0.2, 0) is 20.9 Å². The number of amides is 1. The Morgan fingerprint density at radius 1 is 1.26 bits per heavy atom. The summed E-state index contributed by atoms with van der Waals surface area (Å²) in [5.74, 6) is -0.482. The fourth-order valence-electron chi connectivity index (χ4n) is 3.24. The molecule has 1 aliphatic rings. The van der Waals surface area contributed by atoms with Gasteiger partial charge >= 0.3 is 5.97 Å². The van der Waals surface area contributed by atoms with Crippen molar-refractivity contribution in [3.05, 3.63) is 34.6 Å². The van der Waals surface area contributed by atoms with Crippen LogP contribution in [0.4, 0.5) is 0 Å². The quantitative estimate of drug-likeness (QED) is 0.462. The lowest BCUT2D eigenvalue weighted by atomic mass is 9.95. The van der Waals surface area contributed by atoms with Crippen molar-refractivity contribution in [1.82, 2.24) is 14.9 Å². The largest absolute Gasteiger partial charge is 0.468 e. The third-order valence-corrected chi connectivity index (χ3v) is 5.62. The molecule has 7 nitrogen and oxygen atoms in total. The van der Waals surface area contributed by atoms with Crippen molar-refractivity contribution in [3.8, 4) is 0 Å². The van der Waals surface area contributed by atoms with Crippen LogP contribution in [0.2, 0.25) is 0 Å². The lowest BCUT2D eigenvalue weighted by molar-refractivity contribution is -0.141. The van der Waals surface area contributed by atoms with Gasteiger partial charge in [0.25, 0.3) is 5.56 Å². The Hall–Kier alpha value is -2.35. The van der Waals surface area contributed by atoms with Crippen LogP contribution in [0.25, 0.3) is 10.9 Å². The summed E-state index contributed by atoms with van der Waals surface area (Å²) in [6.45, 7) is -0.236. The zero-order chi connectivity index (χ0) is 19.2. The molecule has 0 unspecified atom stereocenters. The number of para-hydroxylation sites is 1. The highest BCUT2D eigenvalue weighted by Crippen LogP contribution is 2.20. The van der Waals surface area contributed by atoms with E-state index in [4.69, 9.17) is 0 Å². The van der Waals surface area contributed by atoms with Gasteiger partial charge in [0.05, 0.1) is 23.8 Å². The number of carbonyl (C=O) groups is 2. The lowest BCUT2D eigenvalue weighted by Gasteiger charge is -2.22. The Balaban J connectivity index is 1.79. The molecule has 0 bridgehead atoms. The molecule has 0 atom stereocenters. The van der Waals surface area contributed by atoms with Crippen molar-refractivity contribution in [2.75, 3.05) is 12.9 Å². The van der Waals surface area contributed by atoms with E-state index >= 15 is 0 Å². The summed E-state index contributed by atoms with van der Waals surface area (Å²) in [4.78, 5) is 41.3. The molecule has 8 heteroatoms. The van der Waals surface area contributed by atoms with E-state index in [1.807, 2.05) is 0 Å². The first-order valence-electron chi connectivity index (χ1n) is 9.07. The number of ether oxygens (including phenoxy) is 1. The number of hydrogen-bond acceptors (Lipinski definition) is 6. The fraction of sp³-hybridized carbons (Fsp3) is 0.474. The molecule has 1 aromatic heterocycles. The second-order valence-electron chi connectivity index (χ2n) is 6.57. The summed E-state index contributed by atoms with van der Waals surface area (Å²) >= 11 is 1.16. The molecule has 1 aromatic carbocycles. The highest BCUT2D eigenvalue weighted by atomic mass is 32.2. The zero-order valence-corrected chi connectivity index (χ0v) is 16.1. The van der Waals surface area contributed by atoms with Crippen LogP contribution < -0.4 is 10.9 Å². The van der Waals surface area contributed by atoms with Gasteiger partial charge < -0.3 is 10.1 Å². The summed E-state index contributed by atoms with van der Waals surface area (Å²) in [5, 5.41) is 3.81. The van der Waals surface area contributed by atoms with Crippen LogP contribution in [0, 0.1) is 0 Å². The first kappa shape index (κ1) is 19.4. The predicted molar refractivity (Wildman–Crippen MR) is 104 cm³/mol. The predicted octanol–water partition coefficient (Wildman–Crippen LogP) is 2.11. The molecule has 3 rings (SSSR count). The van der Waals surface area contributed by atoms with Crippen LogP contribution in [0.5, 0.6) is 0 Å². The minimum atomic E-state index is -0.539. The molecule has 1 amide bonds. The molecule has 1 fully saturated rings. The van der Waals surface area contributed by atoms with Crippen molar-refractivity contribution in [2.24, 2.45) is 0 Å². The van der Waals surface area contributed by atoms with E-state index in [0.29, 0.717) is 16.1 Å². The number of nitrogens with zero attached hydrogens (tertiary/aromatic N) is 2. The van der Waals surface area contributed by atoms with Crippen LogP contribution >= 0.6 is 11.8 Å². The number of esters is 1. The van der Waals surface area contributed by atoms with Gasteiger partial charge in [-0.25, -0.2) is 4.98 Å². The number of hydrogen-bond donors (Lipinski definition) is 1. The average Bonchev–Trinajstić information content (AvgIpc) is 2.69. The molecule has 1 N–H and O–H groups in total. The Morgan fingerprint density at radius 3 is 2.74 bits per heavy atom. The number of thioether (sulfide) groups is 1. The zero-order valence-electron chi connectivity index (χ0n) is 15.3. The van der Waals surface area contributed by atoms with Crippen LogP contribution in [0.15, 0.2) is 34.2 Å². The molecule has 1 heterocycles. The number of benzene rings is 1. The first-order chi connectivity index (χ1) is 13.1. The highest BCUT2D eigenvalue weighted by Gasteiger charge is 2.18. The Morgan fingerprint density at radius 2 is 2.00 bits per heavy atom. The van der Waals surface area contributed by atoms with Crippen molar-refractivity contribution in [3.63, 3.8) is 0 Å². The van der Waals surface area contributed by atoms with Crippen LogP contribution in [-0.4, -0.2) is 40.3 Å². The summed E-state index contributed by atoms with van der Waals surface area (Å²) in [7, 11) is 1.27. The number of methoxy groups -OCH3 is 1. The highest BCUT2D eigenvalue weighted by molar-refractivity contribution is 7.99. The molecule has 0 saturated heterocycles. The minimum absolute atomic E-state index is 0.0843. The first-order valence-corrected chi connectivity index (χ1v) is 10.1. The number of fused-ring (bicyclic) bond motifs is 1. The molecule has 2 aromatic rings. The molecule has 0 spiro atoms. The third kappa shape index (κ3) is 4.88. The summed E-state index contributed by atoms with van der Waals surface area (Å²) in [6.07, 6.45) is 5.53. The van der Waals surface area contributed by atoms with E-state index in [2.05, 4.69) is 15.0 Å². The van der Waals surface area contributed by atoms with Gasteiger partial charge in [-0.05, 0) is 25.0 Å². The monoisotopic (exact) mass is 389 g/mol. The second-order valence-corrected chi connectivity index (χ2v) is 7.51. The van der Waals surface area contributed by atoms with Gasteiger partial charge in [0, 0.05) is 6.04 Å². The van der Waals surface area contributed by atoms with Crippen molar-refractivity contribution < 1.29 is 14.3 Å². The maximum atomic E-state index is 12.8. The number of carbonyl (C=O) groups excluding carboxylic acids is 2. The SMILES string of the molecule is COC(=O)Cn1c(SCC(=O)NC2CCCCC2)nc2ccccc2c1=O. The fourth-order valence-corrected chi connectivity index (χ4v) is 4.05. The van der Waals surface area contributed by atoms with Gasteiger partial charge in [-0.1, -0.05) is 43.2 Å². The summed E-state index contributed by atoms with van der Waals surface area (Å²) in [5.41, 5.74) is 0.222. The third-order valence-electron chi connectivity index (χ3n) is 4.64. The number of nitrogens with one attached hydrogen (secondary N) is 1. The van der Waals surface area contributed by atoms with Gasteiger partial charge in [-0.15, -0.1) is 0 Å². The molecular formula is C19H23N3O4S. The molecule has 144 valence electrons. The van der Waals surface area contributed by atoms with Gasteiger partial charge in [0.15, 0.2) is 5.16 Å². The van der Waals surface area contributed by atoms with E-state index in [1.165, 1.54) is 18.1 Å². The van der Waals surface area contributed by atoms with E-state index in [9.17, 15) is 14.4 Å². The van der Waals surface area contributed by atoms with E-state index in [0.717, 1.165) is 37.4 Å². The second kappa shape index (κ2) is 9.03. The number of aromatic nitrogens is 2. The van der Waals surface area contributed by atoms with Crippen molar-refractivity contribution in [2.45, 2.75) is 49.8 Å². The Labute approximate surface area is 161 Å². The average molecular weight is 389 g/mol. The van der Waals surface area contributed by atoms with Crippen LogP contribution in [0.1, 0.15) is 32.1 Å². The summed E-state index contributed by atoms with van der Waals surface area (Å²) < 4.78 is 5.96. The lowest BCUT2D eigenvalue weighted by Crippen LogP contribution is -2.37. The standard InChI is InChI=1S/C19H23N3O4S/c1-26-17(24)11-22-18(25)14-9-5-6-10-15(14)21-19(22)27-12-16(23)20-13-7-3-2-4-8-13/h5-6,9-10,13H,2-4,7-8,11-12H2,1H3,(H,20,23). The normalized spacial score (nSPS) is 14.9. The minimum Gasteiger partial charge on any atom is -0.468 e. The maximum absolute atomic E-state index is 12.8. The smallest absolute Gasteiger partial charge is 0.325 e. The van der Waals surface area contributed by atoms with Gasteiger partial charge in [0.2, 0.25) is 5.91 Å². The van der Waals surface area contributed by atoms with Crippen molar-refractivity contribution in [1.29, 1.82) is 0 Å². The van der Waals surface area contributed by atoms with Crippen molar-refractivity contribution >= 4 is 34.5 Å². The maximum Gasteiger partial charge on any atom is 0.325 e. The molecule has 1 saturated carbocycles. The van der Waals surface area contributed by atoms with Gasteiger partial charge in [-0.3, -0.25) is 19.0 Å². The molecule has 1 aliphatic carbocycles. The topological polar surface area (TPSA) is 90.3 Å². The number of rotatable bonds is 6. The van der Waals surface area contributed by atoms with Crippen LogP contribution in [0.3, 0.4) is 0 Å². The summed E-state index contributed by atoms with van der Waals surface area (Å²) in [6, 6.07) is 7.18. The Bertz CT molecular complexity index is 890. The molecule has 27 heavy (non-hydrogen) atoms. The van der Waals surface area contributed by atoms with E-state index in [1.54, 1.807) is 24.3 Å². The molecule has 0 radical (unpaired) electrons. The molecular weight excluding hydrogens is 366 g/mol.